The van der Waals surface area contributed by atoms with Crippen LogP contribution in [-0.4, -0.2) is 47.4 Å². The van der Waals surface area contributed by atoms with Gasteiger partial charge < -0.3 is 20.3 Å². The molecule has 0 aliphatic rings. The highest BCUT2D eigenvalue weighted by atomic mass is 16.5. The SMILES string of the molecule is CCCCCCCCCCCCCCCCCC/C=C/C(O)C(CO)NC(=O)CCCCCCCCCCCCCCCCCOC(=O)CCCCCCCCCCCCCCC. The zero-order chi connectivity index (χ0) is 45.8. The molecule has 1 amide bonds. The maximum absolute atomic E-state index is 12.5. The molecular formula is C57H111NO5. The minimum Gasteiger partial charge on any atom is -0.466 e. The van der Waals surface area contributed by atoms with Crippen molar-refractivity contribution in [1.29, 1.82) is 0 Å². The molecule has 374 valence electrons. The molecule has 0 rings (SSSR count). The Kier molecular flexibility index (Phi) is 52.0. The topological polar surface area (TPSA) is 95.9 Å². The van der Waals surface area contributed by atoms with Crippen LogP contribution in [-0.2, 0) is 14.3 Å². The monoisotopic (exact) mass is 890 g/mol. The second-order valence-corrected chi connectivity index (χ2v) is 19.6. The highest BCUT2D eigenvalue weighted by molar-refractivity contribution is 5.76. The van der Waals surface area contributed by atoms with Crippen molar-refractivity contribution >= 4 is 11.9 Å². The quantitative estimate of drug-likeness (QED) is 0.0321. The summed E-state index contributed by atoms with van der Waals surface area (Å²) < 4.78 is 5.47. The van der Waals surface area contributed by atoms with E-state index in [0.29, 0.717) is 19.4 Å². The molecule has 0 aromatic rings. The highest BCUT2D eigenvalue weighted by Gasteiger charge is 2.18. The number of nitrogens with one attached hydrogen (secondary N) is 1. The normalized spacial score (nSPS) is 12.6. The van der Waals surface area contributed by atoms with Crippen LogP contribution in [0.25, 0.3) is 0 Å². The summed E-state index contributed by atoms with van der Waals surface area (Å²) in [4.78, 5) is 24.5. The number of amides is 1. The molecule has 0 heterocycles. The minimum absolute atomic E-state index is 0.00164. The number of ether oxygens (including phenoxy) is 1. The molecule has 3 N–H and O–H groups in total. The zero-order valence-electron chi connectivity index (χ0n) is 42.6. The van der Waals surface area contributed by atoms with Gasteiger partial charge in [-0.1, -0.05) is 283 Å². The molecule has 63 heavy (non-hydrogen) atoms. The number of carbonyl (C=O) groups excluding carboxylic acids is 2. The van der Waals surface area contributed by atoms with Crippen LogP contribution in [0.5, 0.6) is 0 Å². The second-order valence-electron chi connectivity index (χ2n) is 19.6. The van der Waals surface area contributed by atoms with Gasteiger partial charge in [-0.25, -0.2) is 0 Å². The summed E-state index contributed by atoms with van der Waals surface area (Å²) in [6.07, 6.45) is 62.2. The summed E-state index contributed by atoms with van der Waals surface area (Å²) in [5, 5.41) is 23.1. The minimum atomic E-state index is -0.849. The van der Waals surface area contributed by atoms with Crippen LogP contribution in [0.15, 0.2) is 12.2 Å². The van der Waals surface area contributed by atoms with E-state index in [9.17, 15) is 19.8 Å². The van der Waals surface area contributed by atoms with Crippen LogP contribution in [0.1, 0.15) is 316 Å². The Morgan fingerprint density at radius 2 is 0.730 bits per heavy atom. The van der Waals surface area contributed by atoms with Crippen molar-refractivity contribution in [3.63, 3.8) is 0 Å². The molecule has 0 aromatic carbocycles. The van der Waals surface area contributed by atoms with Crippen molar-refractivity contribution in [1.82, 2.24) is 5.32 Å². The molecule has 0 aliphatic heterocycles. The number of rotatable bonds is 53. The van der Waals surface area contributed by atoms with Gasteiger partial charge in [-0.05, 0) is 32.1 Å². The van der Waals surface area contributed by atoms with Crippen LogP contribution in [0.3, 0.4) is 0 Å². The van der Waals surface area contributed by atoms with Gasteiger partial charge >= 0.3 is 5.97 Å². The van der Waals surface area contributed by atoms with E-state index in [1.54, 1.807) is 6.08 Å². The number of aliphatic hydroxyl groups excluding tert-OH is 2. The summed E-state index contributed by atoms with van der Waals surface area (Å²) in [6.45, 7) is 4.91. The smallest absolute Gasteiger partial charge is 0.305 e. The molecular weight excluding hydrogens is 779 g/mol. The maximum Gasteiger partial charge on any atom is 0.305 e. The number of allylic oxidation sites excluding steroid dienone is 1. The van der Waals surface area contributed by atoms with Gasteiger partial charge in [0.15, 0.2) is 0 Å². The fraction of sp³-hybridized carbons (Fsp3) is 0.930. The van der Waals surface area contributed by atoms with Gasteiger partial charge in [-0.3, -0.25) is 9.59 Å². The molecule has 2 atom stereocenters. The van der Waals surface area contributed by atoms with E-state index in [2.05, 4.69) is 19.2 Å². The number of carbonyl (C=O) groups is 2. The van der Waals surface area contributed by atoms with E-state index < -0.39 is 12.1 Å². The average Bonchev–Trinajstić information content (AvgIpc) is 3.28. The lowest BCUT2D eigenvalue weighted by Gasteiger charge is -2.20. The van der Waals surface area contributed by atoms with E-state index in [4.69, 9.17) is 4.74 Å². The van der Waals surface area contributed by atoms with Crippen molar-refractivity contribution in [3.8, 4) is 0 Å². The van der Waals surface area contributed by atoms with E-state index >= 15 is 0 Å². The molecule has 2 unspecified atom stereocenters. The number of aliphatic hydroxyl groups is 2. The molecule has 6 nitrogen and oxygen atoms in total. The first kappa shape index (κ1) is 61.6. The summed E-state index contributed by atoms with van der Waals surface area (Å²) in [6, 6.07) is -0.633. The van der Waals surface area contributed by atoms with Gasteiger partial charge in [0.2, 0.25) is 5.91 Å². The highest BCUT2D eigenvalue weighted by Crippen LogP contribution is 2.17. The van der Waals surface area contributed by atoms with Gasteiger partial charge in [0.1, 0.15) is 0 Å². The summed E-state index contributed by atoms with van der Waals surface area (Å²) >= 11 is 0. The van der Waals surface area contributed by atoms with Gasteiger partial charge in [-0.2, -0.15) is 0 Å². The number of unbranched alkanes of at least 4 members (excludes halogenated alkanes) is 42. The molecule has 0 saturated heterocycles. The second kappa shape index (κ2) is 53.2. The third kappa shape index (κ3) is 49.9. The summed E-state index contributed by atoms with van der Waals surface area (Å²) in [5.41, 5.74) is 0. The van der Waals surface area contributed by atoms with Crippen molar-refractivity contribution in [2.75, 3.05) is 13.2 Å². The molecule has 0 radical (unpaired) electrons. The lowest BCUT2D eigenvalue weighted by atomic mass is 10.0. The zero-order valence-corrected chi connectivity index (χ0v) is 42.6. The predicted octanol–water partition coefficient (Wildman–Crippen LogP) is 17.3. The van der Waals surface area contributed by atoms with Gasteiger partial charge in [0.05, 0.1) is 25.4 Å². The molecule has 0 bridgehead atoms. The van der Waals surface area contributed by atoms with Gasteiger partial charge in [-0.15, -0.1) is 0 Å². The van der Waals surface area contributed by atoms with Crippen LogP contribution < -0.4 is 5.32 Å². The molecule has 0 fully saturated rings. The third-order valence-corrected chi connectivity index (χ3v) is 13.3. The maximum atomic E-state index is 12.5. The fourth-order valence-corrected chi connectivity index (χ4v) is 8.93. The first-order valence-corrected chi connectivity index (χ1v) is 28.5. The van der Waals surface area contributed by atoms with E-state index in [-0.39, 0.29) is 18.5 Å². The molecule has 0 saturated carbocycles. The number of esters is 1. The van der Waals surface area contributed by atoms with Crippen LogP contribution in [0.2, 0.25) is 0 Å². The Bertz CT molecular complexity index is 939. The fourth-order valence-electron chi connectivity index (χ4n) is 8.93. The summed E-state index contributed by atoms with van der Waals surface area (Å²) in [5.74, 6) is -0.0721. The van der Waals surface area contributed by atoms with Crippen molar-refractivity contribution in [2.24, 2.45) is 0 Å². The van der Waals surface area contributed by atoms with Gasteiger partial charge in [0, 0.05) is 12.8 Å². The molecule has 0 aromatic heterocycles. The van der Waals surface area contributed by atoms with Crippen LogP contribution in [0.4, 0.5) is 0 Å². The molecule has 6 heteroatoms. The summed E-state index contributed by atoms with van der Waals surface area (Å²) in [7, 11) is 0. The predicted molar refractivity (Wildman–Crippen MR) is 273 cm³/mol. The van der Waals surface area contributed by atoms with Crippen molar-refractivity contribution < 1.29 is 24.5 Å². The Morgan fingerprint density at radius 3 is 1.08 bits per heavy atom. The molecule has 0 spiro atoms. The Hall–Kier alpha value is -1.40. The lowest BCUT2D eigenvalue weighted by Crippen LogP contribution is -2.45. The van der Waals surface area contributed by atoms with E-state index in [0.717, 1.165) is 44.9 Å². The number of hydrogen-bond acceptors (Lipinski definition) is 5. The Balaban J connectivity index is 3.46. The Morgan fingerprint density at radius 1 is 0.429 bits per heavy atom. The van der Waals surface area contributed by atoms with Crippen molar-refractivity contribution in [2.45, 2.75) is 328 Å². The van der Waals surface area contributed by atoms with Crippen molar-refractivity contribution in [3.05, 3.63) is 12.2 Å². The first-order chi connectivity index (χ1) is 31.0. The average molecular weight is 891 g/mol. The first-order valence-electron chi connectivity index (χ1n) is 28.5. The Labute approximate surface area is 393 Å². The number of hydrogen-bond donors (Lipinski definition) is 3. The largest absolute Gasteiger partial charge is 0.466 e. The third-order valence-electron chi connectivity index (χ3n) is 13.3. The standard InChI is InChI=1S/C57H111NO5/c1-3-5-7-9-11-13-15-17-18-19-20-22-26-29-33-37-41-45-49-55(60)54(53-59)58-56(61)50-46-42-38-34-30-27-23-21-24-28-32-36-40-44-48-52-63-57(62)51-47-43-39-35-31-25-16-14-12-10-8-6-4-2/h45,49,54-55,59-60H,3-44,46-48,50-53H2,1-2H3,(H,58,61)/b49-45+. The van der Waals surface area contributed by atoms with Gasteiger partial charge in [0.25, 0.3) is 0 Å². The van der Waals surface area contributed by atoms with Crippen LogP contribution in [0, 0.1) is 0 Å². The lowest BCUT2D eigenvalue weighted by molar-refractivity contribution is -0.143. The van der Waals surface area contributed by atoms with E-state index in [1.807, 2.05) is 6.08 Å². The van der Waals surface area contributed by atoms with E-state index in [1.165, 1.54) is 244 Å². The molecule has 0 aliphatic carbocycles. The van der Waals surface area contributed by atoms with Crippen LogP contribution >= 0.6 is 0 Å².